The van der Waals surface area contributed by atoms with Crippen molar-refractivity contribution in [2.75, 3.05) is 11.4 Å². The monoisotopic (exact) mass is 249 g/mol. The highest BCUT2D eigenvalue weighted by Crippen LogP contribution is 2.32. The number of piperidine rings is 1. The maximum atomic E-state index is 12.3. The van der Waals surface area contributed by atoms with Crippen molar-refractivity contribution in [3.63, 3.8) is 0 Å². The largest absolute Gasteiger partial charge is 0.360 e. The lowest BCUT2D eigenvalue weighted by atomic mass is 9.93. The topological polar surface area (TPSA) is 66.7 Å². The minimum atomic E-state index is -0.321. The molecule has 0 N–H and O–H groups in total. The summed E-state index contributed by atoms with van der Waals surface area (Å²) >= 11 is 0. The van der Waals surface area contributed by atoms with Crippen LogP contribution in [0.4, 0.5) is 10.6 Å². The van der Waals surface area contributed by atoms with E-state index in [1.165, 1.54) is 0 Å². The van der Waals surface area contributed by atoms with Crippen molar-refractivity contribution in [2.45, 2.75) is 32.7 Å². The van der Waals surface area contributed by atoms with Gasteiger partial charge in [0.1, 0.15) is 11.8 Å². The van der Waals surface area contributed by atoms with E-state index >= 15 is 0 Å². The number of hydrogen-bond acceptors (Lipinski definition) is 4. The van der Waals surface area contributed by atoms with Gasteiger partial charge in [0.05, 0.1) is 0 Å². The van der Waals surface area contributed by atoms with Crippen LogP contribution in [-0.2, 0) is 4.79 Å². The number of fused-ring (bicyclic) bond motifs is 1. The van der Waals surface area contributed by atoms with Crippen molar-refractivity contribution >= 4 is 17.8 Å². The molecule has 0 radical (unpaired) electrons. The highest BCUT2D eigenvalue weighted by atomic mass is 16.5. The number of hydrogen-bond donors (Lipinski definition) is 0. The van der Waals surface area contributed by atoms with Gasteiger partial charge in [0.15, 0.2) is 5.82 Å². The Balaban J connectivity index is 1.93. The number of nitrogens with zero attached hydrogens (tertiary/aromatic N) is 3. The molecular formula is C12H15N3O3. The van der Waals surface area contributed by atoms with Crippen molar-refractivity contribution < 1.29 is 14.1 Å². The molecule has 0 bridgehead atoms. The Bertz CT molecular complexity index is 510. The van der Waals surface area contributed by atoms with Crippen LogP contribution >= 0.6 is 0 Å². The molecule has 2 aliphatic rings. The molecule has 2 aliphatic heterocycles. The van der Waals surface area contributed by atoms with Crippen LogP contribution < -0.4 is 4.90 Å². The maximum Gasteiger partial charge on any atom is 0.333 e. The molecule has 0 aromatic carbocycles. The van der Waals surface area contributed by atoms with Gasteiger partial charge in [0.2, 0.25) is 0 Å². The minimum absolute atomic E-state index is 0.181. The summed E-state index contributed by atoms with van der Waals surface area (Å²) < 4.78 is 4.93. The first-order valence-corrected chi connectivity index (χ1v) is 6.16. The third kappa shape index (κ3) is 1.52. The van der Waals surface area contributed by atoms with Crippen molar-refractivity contribution in [1.82, 2.24) is 10.1 Å². The third-order valence-electron chi connectivity index (χ3n) is 3.65. The summed E-state index contributed by atoms with van der Waals surface area (Å²) in [5.41, 5.74) is 0. The number of aromatic nitrogens is 1. The van der Waals surface area contributed by atoms with Gasteiger partial charge in [-0.2, -0.15) is 0 Å². The number of carbonyl (C=O) groups is 2. The van der Waals surface area contributed by atoms with E-state index in [0.29, 0.717) is 24.0 Å². The van der Waals surface area contributed by atoms with E-state index in [2.05, 4.69) is 12.1 Å². The van der Waals surface area contributed by atoms with Gasteiger partial charge in [-0.15, -0.1) is 0 Å². The molecule has 3 heterocycles. The molecule has 6 heteroatoms. The van der Waals surface area contributed by atoms with Gasteiger partial charge in [-0.05, 0) is 25.7 Å². The summed E-state index contributed by atoms with van der Waals surface area (Å²) in [4.78, 5) is 27.3. The summed E-state index contributed by atoms with van der Waals surface area (Å²) in [6.07, 6.45) is 1.68. The van der Waals surface area contributed by atoms with Gasteiger partial charge in [-0.25, -0.2) is 9.69 Å². The van der Waals surface area contributed by atoms with Gasteiger partial charge in [0, 0.05) is 12.6 Å². The molecular weight excluding hydrogens is 234 g/mol. The van der Waals surface area contributed by atoms with Crippen LogP contribution in [0.15, 0.2) is 10.6 Å². The molecule has 2 fully saturated rings. The van der Waals surface area contributed by atoms with Gasteiger partial charge in [-0.3, -0.25) is 4.79 Å². The van der Waals surface area contributed by atoms with Crippen molar-refractivity contribution in [2.24, 2.45) is 5.92 Å². The van der Waals surface area contributed by atoms with Crippen LogP contribution in [0.2, 0.25) is 0 Å². The van der Waals surface area contributed by atoms with E-state index in [-0.39, 0.29) is 18.0 Å². The molecule has 0 aliphatic carbocycles. The molecule has 6 nitrogen and oxygen atoms in total. The predicted molar refractivity (Wildman–Crippen MR) is 63.0 cm³/mol. The molecule has 1 aromatic rings. The number of amides is 3. The standard InChI is InChI=1S/C12H15N3O3/c1-7-3-4-14-9(5-7)11(16)15(12(14)17)10-6-8(2)18-13-10/h6-7,9H,3-5H2,1-2H3. The number of anilines is 1. The first-order chi connectivity index (χ1) is 8.58. The van der Waals surface area contributed by atoms with Gasteiger partial charge in [-0.1, -0.05) is 12.1 Å². The fourth-order valence-corrected chi connectivity index (χ4v) is 2.65. The highest BCUT2D eigenvalue weighted by molar-refractivity contribution is 6.20. The third-order valence-corrected chi connectivity index (χ3v) is 3.65. The number of urea groups is 1. The van der Waals surface area contributed by atoms with E-state index in [1.54, 1.807) is 17.9 Å². The zero-order chi connectivity index (χ0) is 12.9. The molecule has 3 amide bonds. The van der Waals surface area contributed by atoms with Gasteiger partial charge in [0.25, 0.3) is 5.91 Å². The molecule has 2 saturated heterocycles. The van der Waals surface area contributed by atoms with Crippen LogP contribution in [0.3, 0.4) is 0 Å². The van der Waals surface area contributed by atoms with Crippen molar-refractivity contribution in [3.8, 4) is 0 Å². The predicted octanol–water partition coefficient (Wildman–Crippen LogP) is 1.55. The first-order valence-electron chi connectivity index (χ1n) is 6.16. The molecule has 2 unspecified atom stereocenters. The molecule has 2 atom stereocenters. The zero-order valence-electron chi connectivity index (χ0n) is 10.4. The van der Waals surface area contributed by atoms with Crippen molar-refractivity contribution in [1.29, 1.82) is 0 Å². The molecule has 1 aromatic heterocycles. The van der Waals surface area contributed by atoms with E-state index in [9.17, 15) is 9.59 Å². The Morgan fingerprint density at radius 1 is 1.44 bits per heavy atom. The first kappa shape index (κ1) is 11.3. The summed E-state index contributed by atoms with van der Waals surface area (Å²) in [5, 5.41) is 3.76. The molecule has 0 spiro atoms. The Hall–Kier alpha value is -1.85. The Labute approximate surface area is 105 Å². The average molecular weight is 249 g/mol. The highest BCUT2D eigenvalue weighted by Gasteiger charge is 2.48. The van der Waals surface area contributed by atoms with Crippen molar-refractivity contribution in [3.05, 3.63) is 11.8 Å². The molecule has 3 rings (SSSR count). The smallest absolute Gasteiger partial charge is 0.333 e. The van der Waals surface area contributed by atoms with Crippen LogP contribution in [0, 0.1) is 12.8 Å². The number of carbonyl (C=O) groups excluding carboxylic acids is 2. The number of imide groups is 1. The van der Waals surface area contributed by atoms with Crippen LogP contribution in [0.5, 0.6) is 0 Å². The normalized spacial score (nSPS) is 27.9. The Morgan fingerprint density at radius 2 is 2.22 bits per heavy atom. The summed E-state index contributed by atoms with van der Waals surface area (Å²) in [6.45, 7) is 4.48. The fraction of sp³-hybridized carbons (Fsp3) is 0.583. The SMILES string of the molecule is Cc1cc(N2C(=O)C3CC(C)CCN3C2=O)no1. The Morgan fingerprint density at radius 3 is 2.89 bits per heavy atom. The number of aryl methyl sites for hydroxylation is 1. The van der Waals surface area contributed by atoms with E-state index < -0.39 is 0 Å². The molecule has 96 valence electrons. The van der Waals surface area contributed by atoms with Crippen LogP contribution in [-0.4, -0.2) is 34.6 Å². The summed E-state index contributed by atoms with van der Waals surface area (Å²) in [7, 11) is 0. The maximum absolute atomic E-state index is 12.3. The van der Waals surface area contributed by atoms with Gasteiger partial charge >= 0.3 is 6.03 Å². The van der Waals surface area contributed by atoms with Crippen LogP contribution in [0.25, 0.3) is 0 Å². The second kappa shape index (κ2) is 3.83. The molecule has 0 saturated carbocycles. The van der Waals surface area contributed by atoms with E-state index in [0.717, 1.165) is 17.7 Å². The second-order valence-corrected chi connectivity index (χ2v) is 5.09. The van der Waals surface area contributed by atoms with Gasteiger partial charge < -0.3 is 9.42 Å². The zero-order valence-corrected chi connectivity index (χ0v) is 10.4. The molecule has 18 heavy (non-hydrogen) atoms. The van der Waals surface area contributed by atoms with Crippen LogP contribution in [0.1, 0.15) is 25.5 Å². The Kier molecular flexibility index (Phi) is 2.39. The lowest BCUT2D eigenvalue weighted by Gasteiger charge is -2.30. The average Bonchev–Trinajstić information content (AvgIpc) is 2.84. The lowest BCUT2D eigenvalue weighted by molar-refractivity contribution is -0.120. The fourth-order valence-electron chi connectivity index (χ4n) is 2.65. The van der Waals surface area contributed by atoms with E-state index in [1.807, 2.05) is 0 Å². The minimum Gasteiger partial charge on any atom is -0.360 e. The van der Waals surface area contributed by atoms with E-state index in [4.69, 9.17) is 4.52 Å². The lowest BCUT2D eigenvalue weighted by Crippen LogP contribution is -2.41. The summed E-state index contributed by atoms with van der Waals surface area (Å²) in [5.74, 6) is 1.18. The number of rotatable bonds is 1. The second-order valence-electron chi connectivity index (χ2n) is 5.09. The quantitative estimate of drug-likeness (QED) is 0.708. The summed E-state index contributed by atoms with van der Waals surface area (Å²) in [6, 6.07) is 1.01.